The monoisotopic (exact) mass is 552 g/mol. The highest BCUT2D eigenvalue weighted by atomic mass is 16.5. The van der Waals surface area contributed by atoms with Gasteiger partial charge in [-0.2, -0.15) is 0 Å². The fraction of sp³-hybridized carbons (Fsp3) is 0.414. The summed E-state index contributed by atoms with van der Waals surface area (Å²) in [6.07, 6.45) is 0.307. The number of amides is 4. The van der Waals surface area contributed by atoms with Crippen LogP contribution in [0.25, 0.3) is 0 Å². The molecule has 1 aliphatic rings. The minimum absolute atomic E-state index is 0.00165. The summed E-state index contributed by atoms with van der Waals surface area (Å²) >= 11 is 0. The number of carboxylic acid groups (broad SMARTS) is 1. The molecule has 4 amide bonds. The second-order valence-electron chi connectivity index (χ2n) is 10.1. The van der Waals surface area contributed by atoms with E-state index in [0.29, 0.717) is 6.42 Å². The maximum Gasteiger partial charge on any atom is 0.326 e. The van der Waals surface area contributed by atoms with Crippen molar-refractivity contribution in [2.45, 2.75) is 57.7 Å². The molecule has 11 nitrogen and oxygen atoms in total. The van der Waals surface area contributed by atoms with Crippen LogP contribution in [0.4, 0.5) is 0 Å². The number of benzene rings is 2. The molecular weight excluding hydrogens is 516 g/mol. The van der Waals surface area contributed by atoms with Gasteiger partial charge < -0.3 is 31.1 Å². The average Bonchev–Trinajstić information content (AvgIpc) is 2.91. The molecule has 0 spiro atoms. The molecule has 0 aliphatic carbocycles. The quantitative estimate of drug-likeness (QED) is 0.375. The molecule has 0 saturated heterocycles. The highest BCUT2D eigenvalue weighted by Crippen LogP contribution is 2.18. The minimum Gasteiger partial charge on any atom is -0.493 e. The number of hydrogen-bond donors (Lipinski definition) is 5. The summed E-state index contributed by atoms with van der Waals surface area (Å²) in [6.45, 7) is 4.17. The number of carbonyl (C=O) groups excluding carboxylic acids is 4. The van der Waals surface area contributed by atoms with Crippen molar-refractivity contribution in [3.05, 3.63) is 65.7 Å². The first-order valence-electron chi connectivity index (χ1n) is 13.3. The number of aliphatic carboxylic acids is 1. The molecule has 40 heavy (non-hydrogen) atoms. The molecule has 2 aromatic rings. The highest BCUT2D eigenvalue weighted by Gasteiger charge is 2.30. The second kappa shape index (κ2) is 14.7. The Labute approximate surface area is 233 Å². The van der Waals surface area contributed by atoms with Gasteiger partial charge in [0.25, 0.3) is 5.91 Å². The van der Waals surface area contributed by atoms with E-state index in [4.69, 9.17) is 4.74 Å². The Balaban J connectivity index is 1.89. The van der Waals surface area contributed by atoms with Crippen molar-refractivity contribution < 1.29 is 33.8 Å². The first kappa shape index (κ1) is 30.1. The topological polar surface area (TPSA) is 163 Å². The molecule has 3 atom stereocenters. The molecule has 2 aromatic carbocycles. The zero-order valence-corrected chi connectivity index (χ0v) is 22.6. The van der Waals surface area contributed by atoms with Crippen molar-refractivity contribution in [3.63, 3.8) is 0 Å². The van der Waals surface area contributed by atoms with E-state index in [1.165, 1.54) is 6.07 Å². The Bertz CT molecular complexity index is 1200. The van der Waals surface area contributed by atoms with Gasteiger partial charge in [-0.1, -0.05) is 56.3 Å². The molecule has 1 aliphatic heterocycles. The van der Waals surface area contributed by atoms with Gasteiger partial charge in [-0.05, 0) is 36.5 Å². The summed E-state index contributed by atoms with van der Waals surface area (Å²) in [5.41, 5.74) is 0.953. The molecule has 0 fully saturated rings. The number of fused-ring (bicyclic) bond motifs is 1. The van der Waals surface area contributed by atoms with Gasteiger partial charge in [0.1, 0.15) is 23.9 Å². The molecule has 5 N–H and O–H groups in total. The van der Waals surface area contributed by atoms with Crippen molar-refractivity contribution in [3.8, 4) is 5.75 Å². The zero-order valence-electron chi connectivity index (χ0n) is 22.6. The summed E-state index contributed by atoms with van der Waals surface area (Å²) < 4.78 is 5.74. The van der Waals surface area contributed by atoms with Crippen LogP contribution < -0.4 is 26.0 Å². The fourth-order valence-corrected chi connectivity index (χ4v) is 4.28. The summed E-state index contributed by atoms with van der Waals surface area (Å²) in [7, 11) is 0. The molecule has 0 aromatic heterocycles. The lowest BCUT2D eigenvalue weighted by Crippen LogP contribution is -2.55. The lowest BCUT2D eigenvalue weighted by Gasteiger charge is -2.25. The first-order valence-corrected chi connectivity index (χ1v) is 13.3. The van der Waals surface area contributed by atoms with Crippen LogP contribution in [0.1, 0.15) is 49.0 Å². The molecule has 3 rings (SSSR count). The maximum absolute atomic E-state index is 13.3. The SMILES string of the molecule is CC(C)C[C@H]1NC(=O)C[C@@H](C(=O)O)NC(=O)c2ccccc2OCCCNC(=O)[C@H](Cc2ccccc2)NC1=O. The summed E-state index contributed by atoms with van der Waals surface area (Å²) in [4.78, 5) is 64.2. The number of nitrogens with one attached hydrogen (secondary N) is 4. The van der Waals surface area contributed by atoms with Crippen LogP contribution >= 0.6 is 0 Å². The summed E-state index contributed by atoms with van der Waals surface area (Å²) in [5, 5.41) is 20.3. The van der Waals surface area contributed by atoms with Gasteiger partial charge in [-0.15, -0.1) is 0 Å². The van der Waals surface area contributed by atoms with E-state index in [-0.39, 0.29) is 43.2 Å². The van der Waals surface area contributed by atoms with Crippen LogP contribution in [0.5, 0.6) is 5.75 Å². The van der Waals surface area contributed by atoms with Gasteiger partial charge >= 0.3 is 5.97 Å². The van der Waals surface area contributed by atoms with Gasteiger partial charge in [-0.25, -0.2) is 4.79 Å². The second-order valence-corrected chi connectivity index (χ2v) is 10.1. The number of ether oxygens (including phenoxy) is 1. The van der Waals surface area contributed by atoms with Crippen molar-refractivity contribution in [2.24, 2.45) is 5.92 Å². The van der Waals surface area contributed by atoms with E-state index in [1.54, 1.807) is 18.2 Å². The molecule has 0 unspecified atom stereocenters. The Hall–Kier alpha value is -4.41. The van der Waals surface area contributed by atoms with Crippen molar-refractivity contribution >= 4 is 29.6 Å². The molecule has 11 heteroatoms. The Morgan fingerprint density at radius 2 is 1.62 bits per heavy atom. The predicted molar refractivity (Wildman–Crippen MR) is 147 cm³/mol. The lowest BCUT2D eigenvalue weighted by atomic mass is 10.0. The van der Waals surface area contributed by atoms with E-state index in [0.717, 1.165) is 5.56 Å². The third kappa shape index (κ3) is 9.11. The van der Waals surface area contributed by atoms with E-state index in [2.05, 4.69) is 21.3 Å². The smallest absolute Gasteiger partial charge is 0.326 e. The minimum atomic E-state index is -1.54. The molecule has 0 saturated carbocycles. The third-order valence-electron chi connectivity index (χ3n) is 6.28. The van der Waals surface area contributed by atoms with Gasteiger partial charge in [0, 0.05) is 13.0 Å². The molecule has 0 radical (unpaired) electrons. The van der Waals surface area contributed by atoms with Crippen LogP contribution in [-0.2, 0) is 25.6 Å². The number of carboxylic acids is 1. The Morgan fingerprint density at radius 1 is 0.925 bits per heavy atom. The molecule has 1 heterocycles. The van der Waals surface area contributed by atoms with Gasteiger partial charge in [0.2, 0.25) is 17.7 Å². The molecular formula is C29H36N4O7. The van der Waals surface area contributed by atoms with Crippen LogP contribution in [0, 0.1) is 5.92 Å². The maximum atomic E-state index is 13.3. The number of rotatable bonds is 5. The molecule has 214 valence electrons. The largest absolute Gasteiger partial charge is 0.493 e. The number of para-hydroxylation sites is 1. The van der Waals surface area contributed by atoms with Crippen LogP contribution in [0.2, 0.25) is 0 Å². The van der Waals surface area contributed by atoms with E-state index < -0.39 is 54.1 Å². The van der Waals surface area contributed by atoms with Crippen molar-refractivity contribution in [1.29, 1.82) is 0 Å². The fourth-order valence-electron chi connectivity index (χ4n) is 4.28. The standard InChI is InChI=1S/C29H36N4O7/c1-18(2)15-21-28(37)32-22(16-19-9-4-3-5-10-19)27(36)30-13-8-14-40-24-12-7-6-11-20(24)26(35)33-23(29(38)39)17-25(34)31-21/h3-7,9-12,18,21-23H,8,13-17H2,1-2H3,(H,30,36)(H,31,34)(H,32,37)(H,33,35)(H,38,39)/t21-,22+,23+/m1/s1. The van der Waals surface area contributed by atoms with Crippen LogP contribution in [-0.4, -0.2) is 66.0 Å². The van der Waals surface area contributed by atoms with Crippen LogP contribution in [0.3, 0.4) is 0 Å². The third-order valence-corrected chi connectivity index (χ3v) is 6.28. The number of hydrogen-bond acceptors (Lipinski definition) is 6. The van der Waals surface area contributed by atoms with Gasteiger partial charge in [0.05, 0.1) is 18.6 Å². The zero-order chi connectivity index (χ0) is 29.1. The van der Waals surface area contributed by atoms with E-state index >= 15 is 0 Å². The number of carbonyl (C=O) groups is 5. The van der Waals surface area contributed by atoms with Crippen LogP contribution in [0.15, 0.2) is 54.6 Å². The first-order chi connectivity index (χ1) is 19.1. The van der Waals surface area contributed by atoms with E-state index in [9.17, 15) is 29.1 Å². The predicted octanol–water partition coefficient (Wildman–Crippen LogP) is 1.42. The van der Waals surface area contributed by atoms with Gasteiger partial charge in [0.15, 0.2) is 0 Å². The summed E-state index contributed by atoms with van der Waals surface area (Å²) in [6, 6.07) is 12.1. The van der Waals surface area contributed by atoms with Gasteiger partial charge in [-0.3, -0.25) is 19.2 Å². The van der Waals surface area contributed by atoms with E-state index in [1.807, 2.05) is 44.2 Å². The highest BCUT2D eigenvalue weighted by molar-refractivity contribution is 6.00. The summed E-state index contributed by atoms with van der Waals surface area (Å²) in [5.74, 6) is -3.56. The van der Waals surface area contributed by atoms with Crippen molar-refractivity contribution in [2.75, 3.05) is 13.2 Å². The lowest BCUT2D eigenvalue weighted by molar-refractivity contribution is -0.141. The Morgan fingerprint density at radius 3 is 2.33 bits per heavy atom. The average molecular weight is 553 g/mol. The Kier molecular flexibility index (Phi) is 11.0. The molecule has 0 bridgehead atoms. The van der Waals surface area contributed by atoms with Crippen molar-refractivity contribution in [1.82, 2.24) is 21.3 Å². The normalized spacial score (nSPS) is 21.4.